The van der Waals surface area contributed by atoms with Gasteiger partial charge in [0.15, 0.2) is 0 Å². The lowest BCUT2D eigenvalue weighted by Gasteiger charge is -2.07. The Balaban J connectivity index is 2.40. The van der Waals surface area contributed by atoms with Crippen molar-refractivity contribution in [2.24, 2.45) is 0 Å². The molecule has 1 aromatic heterocycles. The van der Waals surface area contributed by atoms with Gasteiger partial charge in [-0.15, -0.1) is 11.3 Å². The third-order valence-corrected chi connectivity index (χ3v) is 2.96. The predicted molar refractivity (Wildman–Crippen MR) is 57.5 cm³/mol. The molecule has 0 saturated heterocycles. The van der Waals surface area contributed by atoms with E-state index in [1.807, 2.05) is 6.07 Å². The molecule has 0 atom stereocenters. The third kappa shape index (κ3) is 1.40. The molecule has 0 N–H and O–H groups in total. The first-order valence-corrected chi connectivity index (χ1v) is 4.96. The van der Waals surface area contributed by atoms with Gasteiger partial charge in [0.25, 0.3) is 0 Å². The molecule has 1 aromatic rings. The van der Waals surface area contributed by atoms with Crippen LogP contribution in [0, 0.1) is 5.38 Å². The van der Waals surface area contributed by atoms with Gasteiger partial charge in [0.05, 0.1) is 0 Å². The molecule has 0 unspecified atom stereocenters. The van der Waals surface area contributed by atoms with Gasteiger partial charge in [-0.25, -0.2) is 0 Å². The summed E-state index contributed by atoms with van der Waals surface area (Å²) in [5.74, 6) is 0. The highest BCUT2D eigenvalue weighted by Crippen LogP contribution is 2.25. The molecule has 0 fully saturated rings. The highest BCUT2D eigenvalue weighted by atomic mass is 32.1. The Morgan fingerprint density at radius 2 is 2.42 bits per heavy atom. The van der Waals surface area contributed by atoms with Gasteiger partial charge in [0, 0.05) is 27.1 Å². The van der Waals surface area contributed by atoms with E-state index in [9.17, 15) is 0 Å². The summed E-state index contributed by atoms with van der Waals surface area (Å²) in [5.41, 5.74) is 1.19. The highest BCUT2D eigenvalue weighted by Gasteiger charge is 2.08. The standard InChI is InChI=1S/C10H7S2/c11-9-5-2-1-4-8(9)10-6-3-7-12-10/h1-4,6H,5H2. The van der Waals surface area contributed by atoms with Crippen LogP contribution in [0.4, 0.5) is 0 Å². The summed E-state index contributed by atoms with van der Waals surface area (Å²) in [5, 5.41) is 3.06. The first-order chi connectivity index (χ1) is 5.88. The Kier molecular flexibility index (Phi) is 2.19. The van der Waals surface area contributed by atoms with Gasteiger partial charge in [0.2, 0.25) is 0 Å². The summed E-state index contributed by atoms with van der Waals surface area (Å²) >= 11 is 6.87. The van der Waals surface area contributed by atoms with Gasteiger partial charge in [0.1, 0.15) is 0 Å². The van der Waals surface area contributed by atoms with E-state index < -0.39 is 0 Å². The first-order valence-electron chi connectivity index (χ1n) is 3.74. The van der Waals surface area contributed by atoms with E-state index in [0.717, 1.165) is 11.3 Å². The van der Waals surface area contributed by atoms with E-state index in [0.29, 0.717) is 0 Å². The van der Waals surface area contributed by atoms with Crippen LogP contribution in [-0.4, -0.2) is 4.86 Å². The summed E-state index contributed by atoms with van der Waals surface area (Å²) in [6, 6.07) is 3.99. The van der Waals surface area contributed by atoms with Crippen LogP contribution in [0.1, 0.15) is 11.3 Å². The maximum absolute atomic E-state index is 5.25. The zero-order chi connectivity index (χ0) is 8.39. The van der Waals surface area contributed by atoms with Gasteiger partial charge < -0.3 is 0 Å². The molecule has 0 aromatic carbocycles. The van der Waals surface area contributed by atoms with Crippen LogP contribution in [0.3, 0.4) is 0 Å². The maximum Gasteiger partial charge on any atom is 0.0449 e. The number of thiocarbonyl (C=S) groups is 1. The van der Waals surface area contributed by atoms with Crippen molar-refractivity contribution in [2.75, 3.05) is 0 Å². The van der Waals surface area contributed by atoms with E-state index in [1.54, 1.807) is 11.3 Å². The second kappa shape index (κ2) is 3.33. The zero-order valence-electron chi connectivity index (χ0n) is 6.41. The lowest BCUT2D eigenvalue weighted by molar-refractivity contribution is 1.51. The molecule has 1 radical (unpaired) electrons. The van der Waals surface area contributed by atoms with Gasteiger partial charge in [-0.3, -0.25) is 0 Å². The van der Waals surface area contributed by atoms with E-state index in [-0.39, 0.29) is 0 Å². The molecule has 2 rings (SSSR count). The summed E-state index contributed by atoms with van der Waals surface area (Å²) in [4.78, 5) is 2.26. The fourth-order valence-electron chi connectivity index (χ4n) is 1.15. The molecule has 1 heterocycles. The van der Waals surface area contributed by atoms with E-state index in [2.05, 4.69) is 29.7 Å². The number of hydrogen-bond donors (Lipinski definition) is 0. The smallest absolute Gasteiger partial charge is 0.0449 e. The summed E-state index contributed by atoms with van der Waals surface area (Å²) < 4.78 is 0. The molecule has 0 spiro atoms. The van der Waals surface area contributed by atoms with Crippen LogP contribution in [-0.2, 0) is 0 Å². The third-order valence-electron chi connectivity index (χ3n) is 1.74. The lowest BCUT2D eigenvalue weighted by atomic mass is 10.0. The molecule has 0 saturated carbocycles. The molecule has 2 heteroatoms. The fraction of sp³-hybridized carbons (Fsp3) is 0.100. The number of allylic oxidation sites excluding steroid dienone is 4. The highest BCUT2D eigenvalue weighted by molar-refractivity contribution is 7.81. The monoisotopic (exact) mass is 191 g/mol. The summed E-state index contributed by atoms with van der Waals surface area (Å²) in [6.45, 7) is 0. The van der Waals surface area contributed by atoms with Crippen LogP contribution in [0.25, 0.3) is 5.57 Å². The fourth-order valence-corrected chi connectivity index (χ4v) is 2.19. The second-order valence-electron chi connectivity index (χ2n) is 2.55. The minimum Gasteiger partial charge on any atom is -0.134 e. The van der Waals surface area contributed by atoms with Crippen molar-refractivity contribution in [1.29, 1.82) is 0 Å². The van der Waals surface area contributed by atoms with Gasteiger partial charge in [-0.1, -0.05) is 30.4 Å². The minimum absolute atomic E-state index is 0.902. The molecule has 0 aliphatic heterocycles. The largest absolute Gasteiger partial charge is 0.134 e. The van der Waals surface area contributed by atoms with Crippen molar-refractivity contribution in [3.63, 3.8) is 0 Å². The van der Waals surface area contributed by atoms with Crippen molar-refractivity contribution < 1.29 is 0 Å². The molecule has 12 heavy (non-hydrogen) atoms. The first kappa shape index (κ1) is 7.90. The Bertz CT molecular complexity index is 342. The SMILES string of the molecule is S=C1CC=CC=C1c1cc[c]s1. The lowest BCUT2D eigenvalue weighted by Crippen LogP contribution is -1.98. The number of hydrogen-bond acceptors (Lipinski definition) is 2. The Morgan fingerprint density at radius 1 is 1.50 bits per heavy atom. The average Bonchev–Trinajstić information content (AvgIpc) is 2.57. The van der Waals surface area contributed by atoms with Crippen LogP contribution in [0.15, 0.2) is 30.4 Å². The zero-order valence-corrected chi connectivity index (χ0v) is 8.04. The van der Waals surface area contributed by atoms with Crippen molar-refractivity contribution in [3.05, 3.63) is 40.6 Å². The normalized spacial score (nSPS) is 16.3. The van der Waals surface area contributed by atoms with Crippen LogP contribution in [0.5, 0.6) is 0 Å². The quantitative estimate of drug-likeness (QED) is 0.614. The molecule has 0 bridgehead atoms. The Hall–Kier alpha value is -0.730. The van der Waals surface area contributed by atoms with Crippen LogP contribution >= 0.6 is 23.6 Å². The van der Waals surface area contributed by atoms with Gasteiger partial charge >= 0.3 is 0 Å². The molecule has 0 amide bonds. The molecule has 59 valence electrons. The molecule has 1 aliphatic rings. The molecule has 1 aliphatic carbocycles. The molecular weight excluding hydrogens is 184 g/mol. The predicted octanol–water partition coefficient (Wildman–Crippen LogP) is 3.26. The minimum atomic E-state index is 0.902. The maximum atomic E-state index is 5.25. The van der Waals surface area contributed by atoms with Crippen LogP contribution < -0.4 is 0 Å². The Morgan fingerprint density at radius 3 is 3.08 bits per heavy atom. The van der Waals surface area contributed by atoms with Crippen molar-refractivity contribution >= 4 is 34.0 Å². The van der Waals surface area contributed by atoms with Gasteiger partial charge in [-0.2, -0.15) is 0 Å². The molecular formula is C10H7S2. The second-order valence-corrected chi connectivity index (χ2v) is 3.93. The van der Waals surface area contributed by atoms with Crippen LogP contribution in [0.2, 0.25) is 0 Å². The van der Waals surface area contributed by atoms with E-state index in [1.165, 1.54) is 10.5 Å². The van der Waals surface area contributed by atoms with Crippen molar-refractivity contribution in [3.8, 4) is 0 Å². The Labute approximate surface area is 81.2 Å². The van der Waals surface area contributed by atoms with Crippen molar-refractivity contribution in [1.82, 2.24) is 0 Å². The van der Waals surface area contributed by atoms with E-state index in [4.69, 9.17) is 12.2 Å². The summed E-state index contributed by atoms with van der Waals surface area (Å²) in [6.07, 6.45) is 7.12. The van der Waals surface area contributed by atoms with Gasteiger partial charge in [-0.05, 0) is 12.1 Å². The van der Waals surface area contributed by atoms with E-state index >= 15 is 0 Å². The summed E-state index contributed by atoms with van der Waals surface area (Å²) in [7, 11) is 0. The number of rotatable bonds is 1. The van der Waals surface area contributed by atoms with Crippen molar-refractivity contribution in [2.45, 2.75) is 6.42 Å². The molecule has 0 nitrogen and oxygen atoms in total. The number of thiophene rings is 1. The topological polar surface area (TPSA) is 0 Å². The average molecular weight is 191 g/mol.